The zero-order chi connectivity index (χ0) is 32.2. The lowest BCUT2D eigenvalue weighted by Gasteiger charge is -2.57. The van der Waals surface area contributed by atoms with Crippen LogP contribution in [-0.4, -0.2) is 58.8 Å². The number of nitrogens with one attached hydrogen (secondary N) is 1. The van der Waals surface area contributed by atoms with E-state index >= 15 is 0 Å². The molecule has 3 aromatic carbocycles. The summed E-state index contributed by atoms with van der Waals surface area (Å²) in [4.78, 5) is 29.2. The van der Waals surface area contributed by atoms with Crippen molar-refractivity contribution < 1.29 is 19.8 Å². The second-order valence-corrected chi connectivity index (χ2v) is 13.0. The van der Waals surface area contributed by atoms with Crippen LogP contribution in [0.2, 0.25) is 0 Å². The molecule has 5 rings (SSSR count). The van der Waals surface area contributed by atoms with Crippen LogP contribution in [0.5, 0.6) is 0 Å². The van der Waals surface area contributed by atoms with Gasteiger partial charge in [0, 0.05) is 23.4 Å². The van der Waals surface area contributed by atoms with Crippen LogP contribution in [0.3, 0.4) is 0 Å². The van der Waals surface area contributed by atoms with Gasteiger partial charge in [-0.05, 0) is 88.3 Å². The Hall–Kier alpha value is -3.99. The fourth-order valence-electron chi connectivity index (χ4n) is 8.80. The third-order valence-electron chi connectivity index (χ3n) is 11.3. The predicted octanol–water partition coefficient (Wildman–Crippen LogP) is 6.44. The SMILES string of the molecule is CCC1(C(=O)O)C(C)NC(C)C(CCCN2CCC(c3ccccc3)(c3ccccc3)CC2)(C(=O)O)C1c1ccccc1C#N. The molecule has 2 fully saturated rings. The number of carboxylic acids is 2. The number of benzene rings is 3. The zero-order valence-corrected chi connectivity index (χ0v) is 26.6. The Kier molecular flexibility index (Phi) is 9.48. The largest absolute Gasteiger partial charge is 0.481 e. The summed E-state index contributed by atoms with van der Waals surface area (Å²) in [6, 6.07) is 29.6. The van der Waals surface area contributed by atoms with Gasteiger partial charge in [-0.3, -0.25) is 9.59 Å². The summed E-state index contributed by atoms with van der Waals surface area (Å²) in [7, 11) is 0. The standard InChI is InChI=1S/C38H45N3O4/c1-4-37(34(42)43)27(2)40-28(3)38(35(44)45,33(37)32-19-12-11-14-29(32)26-39)20-13-23-41-24-21-36(22-25-41,30-15-7-5-8-16-30)31-17-9-6-10-18-31/h5-12,14-19,27-28,33,40H,4,13,20-25H2,1-3H3,(H,42,43)(H,44,45). The minimum Gasteiger partial charge on any atom is -0.481 e. The molecule has 5 unspecified atom stereocenters. The first-order valence-electron chi connectivity index (χ1n) is 16.2. The predicted molar refractivity (Wildman–Crippen MR) is 175 cm³/mol. The molecule has 45 heavy (non-hydrogen) atoms. The Morgan fingerprint density at radius 1 is 0.844 bits per heavy atom. The smallest absolute Gasteiger partial charge is 0.311 e. The van der Waals surface area contributed by atoms with Gasteiger partial charge < -0.3 is 20.4 Å². The molecule has 0 amide bonds. The van der Waals surface area contributed by atoms with E-state index in [2.05, 4.69) is 76.9 Å². The first kappa shape index (κ1) is 32.4. The van der Waals surface area contributed by atoms with Gasteiger partial charge in [-0.1, -0.05) is 85.8 Å². The molecule has 2 heterocycles. The lowest BCUT2D eigenvalue weighted by Crippen LogP contribution is -2.69. The quantitative estimate of drug-likeness (QED) is 0.243. The summed E-state index contributed by atoms with van der Waals surface area (Å²) < 4.78 is 0. The Balaban J connectivity index is 1.43. The van der Waals surface area contributed by atoms with Crippen LogP contribution < -0.4 is 5.32 Å². The van der Waals surface area contributed by atoms with Crippen LogP contribution in [0.25, 0.3) is 0 Å². The van der Waals surface area contributed by atoms with Crippen molar-refractivity contribution in [3.05, 3.63) is 107 Å². The minimum atomic E-state index is -1.43. The Morgan fingerprint density at radius 3 is 1.87 bits per heavy atom. The van der Waals surface area contributed by atoms with Crippen LogP contribution in [0, 0.1) is 22.2 Å². The van der Waals surface area contributed by atoms with E-state index in [9.17, 15) is 25.1 Å². The number of nitrogens with zero attached hydrogens (tertiary/aromatic N) is 2. The molecule has 3 N–H and O–H groups in total. The number of rotatable bonds is 10. The van der Waals surface area contributed by atoms with Gasteiger partial charge >= 0.3 is 11.9 Å². The number of piperidine rings is 2. The number of nitriles is 1. The molecule has 5 atom stereocenters. The summed E-state index contributed by atoms with van der Waals surface area (Å²) >= 11 is 0. The molecule has 0 saturated carbocycles. The van der Waals surface area contributed by atoms with E-state index in [4.69, 9.17) is 0 Å². The second-order valence-electron chi connectivity index (χ2n) is 13.0. The van der Waals surface area contributed by atoms with Gasteiger partial charge in [0.25, 0.3) is 0 Å². The van der Waals surface area contributed by atoms with E-state index in [0.29, 0.717) is 24.0 Å². The second kappa shape index (κ2) is 13.2. The van der Waals surface area contributed by atoms with Gasteiger partial charge in [-0.2, -0.15) is 5.26 Å². The van der Waals surface area contributed by atoms with Crippen LogP contribution >= 0.6 is 0 Å². The summed E-state index contributed by atoms with van der Waals surface area (Å²) in [6.07, 6.45) is 3.03. The molecule has 7 nitrogen and oxygen atoms in total. The molecule has 236 valence electrons. The molecule has 2 aliphatic rings. The highest BCUT2D eigenvalue weighted by atomic mass is 16.4. The van der Waals surface area contributed by atoms with Crippen molar-refractivity contribution in [2.75, 3.05) is 19.6 Å². The van der Waals surface area contributed by atoms with E-state index in [0.717, 1.165) is 32.5 Å². The van der Waals surface area contributed by atoms with Crippen LogP contribution in [0.15, 0.2) is 84.9 Å². The molecular formula is C38H45N3O4. The van der Waals surface area contributed by atoms with Gasteiger partial charge in [0.15, 0.2) is 0 Å². The van der Waals surface area contributed by atoms with Crippen molar-refractivity contribution in [3.63, 3.8) is 0 Å². The first-order chi connectivity index (χ1) is 21.7. The zero-order valence-electron chi connectivity index (χ0n) is 26.6. The van der Waals surface area contributed by atoms with E-state index in [-0.39, 0.29) is 11.8 Å². The monoisotopic (exact) mass is 607 g/mol. The van der Waals surface area contributed by atoms with Gasteiger partial charge in [-0.15, -0.1) is 0 Å². The number of carbonyl (C=O) groups is 2. The van der Waals surface area contributed by atoms with E-state index in [1.54, 1.807) is 24.3 Å². The summed E-state index contributed by atoms with van der Waals surface area (Å²) in [5, 5.41) is 35.3. The molecule has 0 aliphatic carbocycles. The van der Waals surface area contributed by atoms with Crippen molar-refractivity contribution in [1.82, 2.24) is 10.2 Å². The maximum Gasteiger partial charge on any atom is 0.311 e. The average molecular weight is 608 g/mol. The van der Waals surface area contributed by atoms with Crippen molar-refractivity contribution in [2.24, 2.45) is 10.8 Å². The van der Waals surface area contributed by atoms with Crippen molar-refractivity contribution in [1.29, 1.82) is 5.26 Å². The molecule has 2 saturated heterocycles. The molecule has 0 bridgehead atoms. The lowest BCUT2D eigenvalue weighted by molar-refractivity contribution is -0.173. The normalized spacial score (nSPS) is 28.2. The van der Waals surface area contributed by atoms with Crippen LogP contribution in [-0.2, 0) is 15.0 Å². The summed E-state index contributed by atoms with van der Waals surface area (Å²) in [5.74, 6) is -2.94. The van der Waals surface area contributed by atoms with Crippen LogP contribution in [0.4, 0.5) is 0 Å². The number of hydrogen-bond donors (Lipinski definition) is 3. The Morgan fingerprint density at radius 2 is 1.36 bits per heavy atom. The van der Waals surface area contributed by atoms with Gasteiger partial charge in [0.2, 0.25) is 0 Å². The Labute approximate surface area is 266 Å². The highest BCUT2D eigenvalue weighted by Gasteiger charge is 2.66. The third kappa shape index (κ3) is 5.45. The number of hydrogen-bond acceptors (Lipinski definition) is 5. The van der Waals surface area contributed by atoms with Gasteiger partial charge in [-0.25, -0.2) is 0 Å². The fraction of sp³-hybridized carbons (Fsp3) is 0.447. The topological polar surface area (TPSA) is 114 Å². The first-order valence-corrected chi connectivity index (χ1v) is 16.2. The number of likely N-dealkylation sites (tertiary alicyclic amines) is 1. The van der Waals surface area contributed by atoms with Crippen molar-refractivity contribution >= 4 is 11.9 Å². The summed E-state index contributed by atoms with van der Waals surface area (Å²) in [6.45, 7) is 7.99. The third-order valence-corrected chi connectivity index (χ3v) is 11.3. The molecule has 0 aromatic heterocycles. The van der Waals surface area contributed by atoms with E-state index in [1.807, 2.05) is 20.8 Å². The molecule has 0 spiro atoms. The molecule has 3 aromatic rings. The number of aliphatic carboxylic acids is 2. The average Bonchev–Trinajstić information content (AvgIpc) is 3.06. The van der Waals surface area contributed by atoms with Crippen molar-refractivity contribution in [3.8, 4) is 6.07 Å². The molecule has 0 radical (unpaired) electrons. The fourth-order valence-corrected chi connectivity index (χ4v) is 8.80. The van der Waals surface area contributed by atoms with Gasteiger partial charge in [0.05, 0.1) is 22.5 Å². The molecule has 7 heteroatoms. The number of carboxylic acid groups (broad SMARTS) is 2. The van der Waals surface area contributed by atoms with Crippen molar-refractivity contribution in [2.45, 2.75) is 76.3 Å². The Bertz CT molecular complexity index is 1490. The lowest BCUT2D eigenvalue weighted by atomic mass is 9.49. The highest BCUT2D eigenvalue weighted by molar-refractivity contribution is 5.84. The van der Waals surface area contributed by atoms with E-state index < -0.39 is 40.8 Å². The highest BCUT2D eigenvalue weighted by Crippen LogP contribution is 2.59. The maximum absolute atomic E-state index is 13.6. The van der Waals surface area contributed by atoms with E-state index in [1.165, 1.54) is 11.1 Å². The molecular weight excluding hydrogens is 562 g/mol. The van der Waals surface area contributed by atoms with Crippen LogP contribution in [0.1, 0.15) is 81.0 Å². The minimum absolute atomic E-state index is 0.0758. The molecule has 2 aliphatic heterocycles. The summed E-state index contributed by atoms with van der Waals surface area (Å²) in [5.41, 5.74) is 0.576. The maximum atomic E-state index is 13.6. The van der Waals surface area contributed by atoms with Gasteiger partial charge in [0.1, 0.15) is 0 Å².